The van der Waals surface area contributed by atoms with E-state index in [9.17, 15) is 14.4 Å². The minimum atomic E-state index is -1.08. The summed E-state index contributed by atoms with van der Waals surface area (Å²) in [6.07, 6.45) is 0. The number of nitriles is 1. The summed E-state index contributed by atoms with van der Waals surface area (Å²) in [5.74, 6) is -1.77. The zero-order valence-electron chi connectivity index (χ0n) is 11.1. The van der Waals surface area contributed by atoms with Gasteiger partial charge in [0.15, 0.2) is 5.78 Å². The van der Waals surface area contributed by atoms with E-state index in [0.717, 1.165) is 0 Å². The first-order valence-electron chi connectivity index (χ1n) is 6.09. The second-order valence-electron chi connectivity index (χ2n) is 4.33. The lowest BCUT2D eigenvalue weighted by Gasteiger charge is -2.11. The average Bonchev–Trinajstić information content (AvgIpc) is 2.50. The molecule has 0 radical (unpaired) electrons. The molecule has 106 valence electrons. The molecule has 1 atom stereocenters. The van der Waals surface area contributed by atoms with Crippen LogP contribution >= 0.6 is 15.9 Å². The molecule has 0 aromatic heterocycles. The van der Waals surface area contributed by atoms with Crippen molar-refractivity contribution in [2.75, 3.05) is 7.11 Å². The quantitative estimate of drug-likeness (QED) is 0.782. The number of benzene rings is 2. The van der Waals surface area contributed by atoms with Gasteiger partial charge >= 0.3 is 0 Å². The zero-order chi connectivity index (χ0) is 15.4. The van der Waals surface area contributed by atoms with E-state index in [1.807, 2.05) is 6.07 Å². The molecule has 0 saturated carbocycles. The van der Waals surface area contributed by atoms with E-state index in [4.69, 9.17) is 4.74 Å². The molecule has 5 heteroatoms. The third kappa shape index (κ3) is 3.29. The maximum Gasteiger partial charge on any atom is 0.187 e. The van der Waals surface area contributed by atoms with E-state index >= 15 is 0 Å². The normalized spacial score (nSPS) is 11.5. The van der Waals surface area contributed by atoms with Crippen molar-refractivity contribution in [3.05, 3.63) is 63.9 Å². The molecule has 0 N–H and O–H groups in total. The van der Waals surface area contributed by atoms with Gasteiger partial charge in [-0.1, -0.05) is 28.1 Å². The lowest BCUT2D eigenvalue weighted by Crippen LogP contribution is -2.13. The van der Waals surface area contributed by atoms with Gasteiger partial charge in [-0.2, -0.15) is 5.26 Å². The summed E-state index contributed by atoms with van der Waals surface area (Å²) in [6, 6.07) is 12.6. The van der Waals surface area contributed by atoms with Crippen LogP contribution in [0.4, 0.5) is 4.39 Å². The molecule has 0 aliphatic carbocycles. The number of hydrogen-bond acceptors (Lipinski definition) is 3. The SMILES string of the molecule is COc1cccc(C(C#N)C(=O)c2cc(Br)ccc2F)c1. The summed E-state index contributed by atoms with van der Waals surface area (Å²) >= 11 is 3.19. The van der Waals surface area contributed by atoms with Crippen LogP contribution in [-0.4, -0.2) is 12.9 Å². The third-order valence-electron chi connectivity index (χ3n) is 3.01. The average molecular weight is 348 g/mol. The van der Waals surface area contributed by atoms with Crippen molar-refractivity contribution in [3.63, 3.8) is 0 Å². The molecule has 21 heavy (non-hydrogen) atoms. The predicted molar refractivity (Wildman–Crippen MR) is 79.8 cm³/mol. The molecule has 0 fully saturated rings. The number of Topliss-reactive ketones (excluding diaryl/α,β-unsaturated/α-hetero) is 1. The fraction of sp³-hybridized carbons (Fsp3) is 0.125. The molecule has 0 amide bonds. The number of rotatable bonds is 4. The van der Waals surface area contributed by atoms with Gasteiger partial charge in [-0.25, -0.2) is 4.39 Å². The van der Waals surface area contributed by atoms with Gasteiger partial charge in [-0.05, 0) is 35.9 Å². The lowest BCUT2D eigenvalue weighted by atomic mass is 9.91. The van der Waals surface area contributed by atoms with Crippen LogP contribution in [-0.2, 0) is 0 Å². The van der Waals surface area contributed by atoms with Crippen molar-refractivity contribution in [1.29, 1.82) is 5.26 Å². The van der Waals surface area contributed by atoms with Crippen LogP contribution in [0.1, 0.15) is 21.8 Å². The molecule has 0 heterocycles. The van der Waals surface area contributed by atoms with Crippen LogP contribution < -0.4 is 4.74 Å². The standard InChI is InChI=1S/C16H11BrFNO2/c1-21-12-4-2-3-10(7-12)14(9-19)16(20)13-8-11(17)5-6-15(13)18/h2-8,14H,1H3. The highest BCUT2D eigenvalue weighted by atomic mass is 79.9. The summed E-state index contributed by atoms with van der Waals surface area (Å²) in [7, 11) is 1.50. The van der Waals surface area contributed by atoms with E-state index in [1.165, 1.54) is 25.3 Å². The van der Waals surface area contributed by atoms with Gasteiger partial charge in [-0.15, -0.1) is 0 Å². The highest BCUT2D eigenvalue weighted by Gasteiger charge is 2.24. The van der Waals surface area contributed by atoms with Gasteiger partial charge in [0.05, 0.1) is 18.7 Å². The molecular formula is C16H11BrFNO2. The summed E-state index contributed by atoms with van der Waals surface area (Å²) in [4.78, 5) is 12.4. The Kier molecular flexibility index (Phi) is 4.71. The van der Waals surface area contributed by atoms with Gasteiger partial charge in [-0.3, -0.25) is 4.79 Å². The van der Waals surface area contributed by atoms with E-state index in [2.05, 4.69) is 15.9 Å². The summed E-state index contributed by atoms with van der Waals surface area (Å²) in [6.45, 7) is 0. The first kappa shape index (κ1) is 15.2. The number of halogens is 2. The predicted octanol–water partition coefficient (Wildman–Crippen LogP) is 4.09. The first-order chi connectivity index (χ1) is 10.1. The Hall–Kier alpha value is -2.19. The molecule has 0 spiro atoms. The second kappa shape index (κ2) is 6.51. The van der Waals surface area contributed by atoms with Crippen molar-refractivity contribution in [1.82, 2.24) is 0 Å². The number of ether oxygens (including phenoxy) is 1. The molecule has 2 rings (SSSR count). The maximum atomic E-state index is 13.8. The molecule has 0 saturated heterocycles. The maximum absolute atomic E-state index is 13.8. The molecular weight excluding hydrogens is 337 g/mol. The van der Waals surface area contributed by atoms with Gasteiger partial charge < -0.3 is 4.74 Å². The number of carbonyl (C=O) groups excluding carboxylic acids is 1. The fourth-order valence-electron chi connectivity index (χ4n) is 1.95. The Morgan fingerprint density at radius 3 is 2.76 bits per heavy atom. The molecule has 0 aliphatic rings. The Labute approximate surface area is 130 Å². The van der Waals surface area contributed by atoms with E-state index in [0.29, 0.717) is 15.8 Å². The number of hydrogen-bond donors (Lipinski definition) is 0. The minimum Gasteiger partial charge on any atom is -0.497 e. The zero-order valence-corrected chi connectivity index (χ0v) is 12.7. The topological polar surface area (TPSA) is 50.1 Å². The second-order valence-corrected chi connectivity index (χ2v) is 5.24. The van der Waals surface area contributed by atoms with Crippen LogP contribution in [0.3, 0.4) is 0 Å². The van der Waals surface area contributed by atoms with Gasteiger partial charge in [0.25, 0.3) is 0 Å². The van der Waals surface area contributed by atoms with E-state index < -0.39 is 17.5 Å². The van der Waals surface area contributed by atoms with E-state index in [1.54, 1.807) is 24.3 Å². The van der Waals surface area contributed by atoms with Gasteiger partial charge in [0, 0.05) is 4.47 Å². The Bertz CT molecular complexity index is 724. The number of carbonyl (C=O) groups is 1. The molecule has 3 nitrogen and oxygen atoms in total. The van der Waals surface area contributed by atoms with Crippen molar-refractivity contribution in [2.45, 2.75) is 5.92 Å². The monoisotopic (exact) mass is 347 g/mol. The number of methoxy groups -OCH3 is 1. The smallest absolute Gasteiger partial charge is 0.187 e. The van der Waals surface area contributed by atoms with Gasteiger partial charge in [0.2, 0.25) is 0 Å². The summed E-state index contributed by atoms with van der Waals surface area (Å²) in [5, 5.41) is 9.29. The third-order valence-corrected chi connectivity index (χ3v) is 3.51. The van der Waals surface area contributed by atoms with Crippen molar-refractivity contribution in [2.24, 2.45) is 0 Å². The van der Waals surface area contributed by atoms with Crippen LogP contribution in [0.25, 0.3) is 0 Å². The van der Waals surface area contributed by atoms with Crippen molar-refractivity contribution < 1.29 is 13.9 Å². The number of ketones is 1. The summed E-state index contributed by atoms with van der Waals surface area (Å²) in [5.41, 5.74) is 0.361. The number of nitrogens with zero attached hydrogens (tertiary/aromatic N) is 1. The van der Waals surface area contributed by atoms with Crippen LogP contribution in [0.15, 0.2) is 46.9 Å². The minimum absolute atomic E-state index is 0.112. The molecule has 2 aromatic carbocycles. The molecule has 2 aromatic rings. The molecule has 0 bridgehead atoms. The highest BCUT2D eigenvalue weighted by Crippen LogP contribution is 2.26. The summed E-state index contributed by atoms with van der Waals surface area (Å²) < 4.78 is 19.5. The van der Waals surface area contributed by atoms with E-state index in [-0.39, 0.29) is 5.56 Å². The van der Waals surface area contributed by atoms with Crippen LogP contribution in [0.2, 0.25) is 0 Å². The van der Waals surface area contributed by atoms with Crippen molar-refractivity contribution in [3.8, 4) is 11.8 Å². The largest absolute Gasteiger partial charge is 0.497 e. The Morgan fingerprint density at radius 2 is 2.10 bits per heavy atom. The van der Waals surface area contributed by atoms with Crippen LogP contribution in [0, 0.1) is 17.1 Å². The molecule has 1 unspecified atom stereocenters. The highest BCUT2D eigenvalue weighted by molar-refractivity contribution is 9.10. The lowest BCUT2D eigenvalue weighted by molar-refractivity contribution is 0.0975. The Morgan fingerprint density at radius 1 is 1.33 bits per heavy atom. The first-order valence-corrected chi connectivity index (χ1v) is 6.89. The molecule has 0 aliphatic heterocycles. The van der Waals surface area contributed by atoms with Crippen molar-refractivity contribution >= 4 is 21.7 Å². The Balaban J connectivity index is 2.43. The van der Waals surface area contributed by atoms with Gasteiger partial charge in [0.1, 0.15) is 17.5 Å². The fourth-order valence-corrected chi connectivity index (χ4v) is 2.31. The van der Waals surface area contributed by atoms with Crippen LogP contribution in [0.5, 0.6) is 5.75 Å².